The summed E-state index contributed by atoms with van der Waals surface area (Å²) >= 11 is 0. The second kappa shape index (κ2) is 20.2. The Bertz CT molecular complexity index is 4240. The summed E-state index contributed by atoms with van der Waals surface area (Å²) in [7, 11) is -2.80. The summed E-state index contributed by atoms with van der Waals surface area (Å²) in [5.74, 6) is 2.03. The van der Waals surface area contributed by atoms with E-state index < -0.39 is 8.07 Å². The molecule has 0 atom stereocenters. The molecule has 10 aromatic carbocycles. The first-order chi connectivity index (χ1) is 38.9. The number of fused-ring (bicyclic) bond motifs is 7. The number of hydrogen-bond donors (Lipinski definition) is 0. The molecule has 0 N–H and O–H groups in total. The first-order valence-corrected chi connectivity index (χ1v) is 29.7. The maximum Gasteiger partial charge on any atom is 0.181 e. The Morgan fingerprint density at radius 3 is 1.63 bits per heavy atom. The molecule has 0 saturated carbocycles. The fraction of sp³-hybridized carbons (Fsp3) is 0.108. The summed E-state index contributed by atoms with van der Waals surface area (Å²) < 4.78 is 9.34. The van der Waals surface area contributed by atoms with E-state index in [2.05, 4.69) is 305 Å². The number of para-hydroxylation sites is 3. The van der Waals surface area contributed by atoms with E-state index in [0.29, 0.717) is 11.5 Å². The van der Waals surface area contributed by atoms with Gasteiger partial charge in [-0.2, -0.15) is 6.07 Å². The summed E-state index contributed by atoms with van der Waals surface area (Å²) in [6, 6.07) is 93.7. The molecule has 0 unspecified atom stereocenters. The average molecular weight is 1240 g/mol. The van der Waals surface area contributed by atoms with Crippen LogP contribution in [0, 0.1) is 18.8 Å². The van der Waals surface area contributed by atoms with Crippen molar-refractivity contribution in [3.8, 4) is 50.7 Å². The molecule has 4 heterocycles. The van der Waals surface area contributed by atoms with Crippen molar-refractivity contribution in [2.24, 2.45) is 0 Å². The molecule has 81 heavy (non-hydrogen) atoms. The van der Waals surface area contributed by atoms with Crippen LogP contribution in [0.15, 0.2) is 243 Å². The van der Waals surface area contributed by atoms with Gasteiger partial charge in [-0.3, -0.25) is 0 Å². The minimum absolute atomic E-state index is 0. The second-order valence-corrected chi connectivity index (χ2v) is 27.0. The third kappa shape index (κ3) is 8.75. The average Bonchev–Trinajstić information content (AvgIpc) is 4.32. The molecule has 0 bridgehead atoms. The Morgan fingerprint density at radius 1 is 0.457 bits per heavy atom. The van der Waals surface area contributed by atoms with Crippen molar-refractivity contribution in [1.29, 1.82) is 0 Å². The molecular weight excluding hydrogens is 1180 g/mol. The van der Waals surface area contributed by atoms with Crippen molar-refractivity contribution in [2.75, 3.05) is 9.80 Å². The maximum absolute atomic E-state index is 7.07. The predicted octanol–water partition coefficient (Wildman–Crippen LogP) is 16.3. The third-order valence-corrected chi connectivity index (χ3v) is 21.2. The summed E-state index contributed by atoms with van der Waals surface area (Å²) in [5, 5.41) is 7.61. The van der Waals surface area contributed by atoms with E-state index in [1.54, 1.807) is 0 Å². The van der Waals surface area contributed by atoms with Crippen molar-refractivity contribution in [2.45, 2.75) is 52.4 Å². The van der Waals surface area contributed by atoms with Crippen LogP contribution in [0.5, 0.6) is 11.5 Å². The molecule has 2 aromatic heterocycles. The van der Waals surface area contributed by atoms with E-state index >= 15 is 0 Å². The fourth-order valence-corrected chi connectivity index (χ4v) is 17.6. The summed E-state index contributed by atoms with van der Waals surface area (Å²) in [4.78, 5) is 9.86. The van der Waals surface area contributed by atoms with Crippen molar-refractivity contribution < 1.29 is 25.8 Å². The Labute approximate surface area is 491 Å². The molecule has 2 aliphatic heterocycles. The largest absolute Gasteiger partial charge is 0.509 e. The zero-order valence-electron chi connectivity index (χ0n) is 46.2. The van der Waals surface area contributed by atoms with Crippen LogP contribution in [0.4, 0.5) is 22.7 Å². The molecule has 0 spiro atoms. The van der Waals surface area contributed by atoms with Gasteiger partial charge < -0.3 is 19.1 Å². The van der Waals surface area contributed by atoms with Gasteiger partial charge in [-0.15, -0.1) is 53.6 Å². The van der Waals surface area contributed by atoms with Gasteiger partial charge in [-0.05, 0) is 107 Å². The number of nitrogens with zero attached hydrogens (tertiary/aromatic N) is 4. The van der Waals surface area contributed by atoms with E-state index in [9.17, 15) is 0 Å². The zero-order valence-corrected chi connectivity index (χ0v) is 49.5. The van der Waals surface area contributed by atoms with Gasteiger partial charge in [-0.1, -0.05) is 217 Å². The summed E-state index contributed by atoms with van der Waals surface area (Å²) in [6.07, 6.45) is 2.00. The predicted molar refractivity (Wildman–Crippen MR) is 335 cm³/mol. The topological polar surface area (TPSA) is 33.5 Å². The molecular formula is C74H59N4OPtSi-3. The van der Waals surface area contributed by atoms with Gasteiger partial charge in [0.05, 0.1) is 0 Å². The van der Waals surface area contributed by atoms with E-state index in [1.165, 1.54) is 48.6 Å². The van der Waals surface area contributed by atoms with Crippen LogP contribution < -0.4 is 35.3 Å². The smallest absolute Gasteiger partial charge is 0.181 e. The van der Waals surface area contributed by atoms with Crippen LogP contribution in [-0.2, 0) is 31.9 Å². The molecule has 5 nitrogen and oxygen atoms in total. The summed E-state index contributed by atoms with van der Waals surface area (Å²) in [6.45, 7) is 15.9. The maximum atomic E-state index is 7.07. The quantitative estimate of drug-likeness (QED) is 0.107. The van der Waals surface area contributed by atoms with Gasteiger partial charge in [0.25, 0.3) is 0 Å². The van der Waals surface area contributed by atoms with Crippen molar-refractivity contribution in [3.05, 3.63) is 273 Å². The Kier molecular flexibility index (Phi) is 12.9. The van der Waals surface area contributed by atoms with Crippen LogP contribution in [-0.4, -0.2) is 17.6 Å². The Hall–Kier alpha value is -8.54. The Morgan fingerprint density at radius 2 is 1.00 bits per heavy atom. The molecule has 7 heteroatoms. The molecule has 14 rings (SSSR count). The van der Waals surface area contributed by atoms with Gasteiger partial charge in [0, 0.05) is 72.5 Å². The number of pyridine rings is 1. The van der Waals surface area contributed by atoms with E-state index in [0.717, 1.165) is 67.1 Å². The number of anilines is 4. The fourth-order valence-electron chi connectivity index (χ4n) is 12.4. The summed E-state index contributed by atoms with van der Waals surface area (Å²) in [5.41, 5.74) is 15.4. The van der Waals surface area contributed by atoms with Crippen LogP contribution in [0.2, 0.25) is 0 Å². The first kappa shape index (κ1) is 51.9. The van der Waals surface area contributed by atoms with Gasteiger partial charge in [-0.25, -0.2) is 4.98 Å². The number of benzene rings is 10. The molecule has 0 amide bonds. The molecule has 12 aromatic rings. The van der Waals surface area contributed by atoms with Crippen LogP contribution >= 0.6 is 0 Å². The molecule has 398 valence electrons. The molecule has 0 saturated heterocycles. The third-order valence-electron chi connectivity index (χ3n) is 16.3. The minimum atomic E-state index is -2.80. The van der Waals surface area contributed by atoms with Crippen molar-refractivity contribution in [1.82, 2.24) is 9.55 Å². The SMILES string of the molecule is CC(C)(C)c1cc(Oc2[c-]c3c(cc2)c2ccccc2n3-c2cc([Si]3(c4ccccc4)c4ccccc4-c4ccccc43)ccn2)[c-]c(N2[CH-]N(c3c(-c4ccccc4)cc(C(C)(C)C)cc3-c3ccccc3)c3ccccc32)c1.[Pt]. The van der Waals surface area contributed by atoms with E-state index in [-0.39, 0.29) is 31.9 Å². The van der Waals surface area contributed by atoms with E-state index in [1.807, 2.05) is 12.3 Å². The Balaban J connectivity index is 0.00000618. The van der Waals surface area contributed by atoms with Crippen LogP contribution in [0.3, 0.4) is 0 Å². The van der Waals surface area contributed by atoms with Crippen LogP contribution in [0.25, 0.3) is 61.0 Å². The van der Waals surface area contributed by atoms with Crippen molar-refractivity contribution in [3.63, 3.8) is 0 Å². The normalized spacial score (nSPS) is 13.5. The first-order valence-electron chi connectivity index (χ1n) is 27.7. The number of aromatic nitrogens is 2. The monoisotopic (exact) mass is 1240 g/mol. The van der Waals surface area contributed by atoms with Gasteiger partial charge in [0.2, 0.25) is 0 Å². The molecule has 0 aliphatic carbocycles. The number of rotatable bonds is 9. The van der Waals surface area contributed by atoms with Crippen LogP contribution in [0.1, 0.15) is 52.7 Å². The van der Waals surface area contributed by atoms with Gasteiger partial charge in [0.1, 0.15) is 5.82 Å². The minimum Gasteiger partial charge on any atom is -0.509 e. The molecule has 0 radical (unpaired) electrons. The van der Waals surface area contributed by atoms with Gasteiger partial charge >= 0.3 is 0 Å². The van der Waals surface area contributed by atoms with Crippen molar-refractivity contribution >= 4 is 73.4 Å². The van der Waals surface area contributed by atoms with Gasteiger partial charge in [0.15, 0.2) is 8.07 Å². The second-order valence-electron chi connectivity index (χ2n) is 23.3. The standard InChI is InChI=1S/C74H59N4OSi.Pt/c1-73(2,3)52-42-54(76-49-77(67-35-21-20-34-66(67)76)72-63(50-24-10-7-11-25-50)44-53(74(4,5)6)45-64(72)51-26-12-8-13-27-51)46-56(43-52)79-55-38-39-60-59-30-16-19-33-65(59)78(68(60)47-55)71-48-58(40-41-75-71)80(57-28-14-9-15-29-57)69-36-22-17-31-61(69)62-32-18-23-37-70(62)80;/h7-45,48-49H,1-6H3;/q-3;. The molecule has 0 fully saturated rings. The van der Waals surface area contributed by atoms with E-state index in [4.69, 9.17) is 9.72 Å². The zero-order chi connectivity index (χ0) is 54.3. The molecule has 2 aliphatic rings. The number of ether oxygens (including phenoxy) is 1. The number of hydrogen-bond acceptors (Lipinski definition) is 4.